The molecule has 7 nitrogen and oxygen atoms in total. The molecule has 0 unspecified atom stereocenters. The molecule has 0 heterocycles. The van der Waals surface area contributed by atoms with Gasteiger partial charge in [0.05, 0.1) is 10.6 Å². The van der Waals surface area contributed by atoms with Crippen molar-refractivity contribution >= 4 is 28.9 Å². The van der Waals surface area contributed by atoms with E-state index in [2.05, 4.69) is 10.5 Å². The lowest BCUT2D eigenvalue weighted by molar-refractivity contribution is -0.384. The Kier molecular flexibility index (Phi) is 4.92. The van der Waals surface area contributed by atoms with Crippen molar-refractivity contribution in [1.82, 2.24) is 5.43 Å². The third-order valence-corrected chi connectivity index (χ3v) is 3.34. The Balaban J connectivity index is 2.20. The van der Waals surface area contributed by atoms with Crippen molar-refractivity contribution in [3.63, 3.8) is 0 Å². The number of hydrazone groups is 1. The number of para-hydroxylation sites is 1. The molecule has 2 aromatic carbocycles. The van der Waals surface area contributed by atoms with Crippen LogP contribution in [0.5, 0.6) is 5.75 Å². The van der Waals surface area contributed by atoms with Crippen LogP contribution in [-0.4, -0.2) is 21.6 Å². The minimum absolute atomic E-state index is 0.0325. The van der Waals surface area contributed by atoms with Crippen molar-refractivity contribution in [2.45, 2.75) is 6.92 Å². The van der Waals surface area contributed by atoms with Gasteiger partial charge in [0.2, 0.25) is 0 Å². The molecule has 2 rings (SSSR count). The van der Waals surface area contributed by atoms with Crippen LogP contribution in [0, 0.1) is 10.1 Å². The number of phenols is 1. The van der Waals surface area contributed by atoms with Crippen molar-refractivity contribution in [2.75, 3.05) is 0 Å². The van der Waals surface area contributed by atoms with E-state index < -0.39 is 10.8 Å². The fourth-order valence-corrected chi connectivity index (χ4v) is 2.02. The number of phenolic OH excluding ortho intramolecular Hbond substituents is 1. The Morgan fingerprint density at radius 1 is 1.30 bits per heavy atom. The number of amides is 1. The Hall–Kier alpha value is -2.93. The van der Waals surface area contributed by atoms with E-state index in [-0.39, 0.29) is 22.0 Å². The standard InChI is InChI=1S/C15H12ClN3O4/c1-9(11-4-2-3-5-14(11)20)17-18-15(21)10-6-7-12(16)13(8-10)19(22)23/h2-8,20H,1H3,(H,18,21)/b17-9-. The normalized spacial score (nSPS) is 11.1. The second-order valence-corrected chi connectivity index (χ2v) is 4.99. The number of aromatic hydroxyl groups is 1. The summed E-state index contributed by atoms with van der Waals surface area (Å²) in [7, 11) is 0. The zero-order chi connectivity index (χ0) is 17.0. The fourth-order valence-electron chi connectivity index (χ4n) is 1.83. The number of carbonyl (C=O) groups excluding carboxylic acids is 1. The maximum Gasteiger partial charge on any atom is 0.288 e. The van der Waals surface area contributed by atoms with Gasteiger partial charge in [-0.1, -0.05) is 23.7 Å². The number of hydrogen-bond acceptors (Lipinski definition) is 5. The minimum atomic E-state index is -0.671. The molecule has 0 saturated carbocycles. The lowest BCUT2D eigenvalue weighted by Crippen LogP contribution is -2.19. The fraction of sp³-hybridized carbons (Fsp3) is 0.0667. The molecule has 0 aromatic heterocycles. The summed E-state index contributed by atoms with van der Waals surface area (Å²) >= 11 is 5.69. The van der Waals surface area contributed by atoms with E-state index in [0.717, 1.165) is 6.07 Å². The molecule has 0 aliphatic rings. The highest BCUT2D eigenvalue weighted by Crippen LogP contribution is 2.25. The van der Waals surface area contributed by atoms with Gasteiger partial charge in [-0.2, -0.15) is 5.10 Å². The molecule has 0 atom stereocenters. The number of nitrogens with one attached hydrogen (secondary N) is 1. The number of hydrogen-bond donors (Lipinski definition) is 2. The van der Waals surface area contributed by atoms with Crippen LogP contribution in [0.15, 0.2) is 47.6 Å². The summed E-state index contributed by atoms with van der Waals surface area (Å²) in [4.78, 5) is 22.2. The zero-order valence-electron chi connectivity index (χ0n) is 12.0. The van der Waals surface area contributed by atoms with E-state index in [0.29, 0.717) is 11.3 Å². The first kappa shape index (κ1) is 16.4. The van der Waals surface area contributed by atoms with Crippen LogP contribution >= 0.6 is 11.6 Å². The molecule has 2 aromatic rings. The number of benzene rings is 2. The molecule has 0 aliphatic carbocycles. The summed E-state index contributed by atoms with van der Waals surface area (Å²) in [6, 6.07) is 10.2. The van der Waals surface area contributed by atoms with Crippen LogP contribution in [0.2, 0.25) is 5.02 Å². The Morgan fingerprint density at radius 2 is 2.00 bits per heavy atom. The molecule has 0 spiro atoms. The number of nitrogens with zero attached hydrogens (tertiary/aromatic N) is 2. The number of nitro groups is 1. The van der Waals surface area contributed by atoms with Gasteiger partial charge >= 0.3 is 0 Å². The van der Waals surface area contributed by atoms with Gasteiger partial charge in [-0.3, -0.25) is 14.9 Å². The van der Waals surface area contributed by atoms with E-state index in [9.17, 15) is 20.0 Å². The Labute approximate surface area is 136 Å². The van der Waals surface area contributed by atoms with E-state index in [1.807, 2.05) is 0 Å². The van der Waals surface area contributed by atoms with Crippen molar-refractivity contribution in [3.8, 4) is 5.75 Å². The van der Waals surface area contributed by atoms with Crippen molar-refractivity contribution in [3.05, 3.63) is 68.7 Å². The van der Waals surface area contributed by atoms with Crippen LogP contribution < -0.4 is 5.43 Å². The molecule has 0 radical (unpaired) electrons. The van der Waals surface area contributed by atoms with Gasteiger partial charge in [0, 0.05) is 17.2 Å². The number of carbonyl (C=O) groups is 1. The molecular weight excluding hydrogens is 322 g/mol. The maximum atomic E-state index is 12.0. The first-order valence-electron chi connectivity index (χ1n) is 6.47. The first-order valence-corrected chi connectivity index (χ1v) is 6.85. The van der Waals surface area contributed by atoms with Crippen LogP contribution in [0.3, 0.4) is 0 Å². The largest absolute Gasteiger partial charge is 0.507 e. The van der Waals surface area contributed by atoms with E-state index in [4.69, 9.17) is 11.6 Å². The minimum Gasteiger partial charge on any atom is -0.507 e. The molecule has 0 saturated heterocycles. The molecule has 0 aliphatic heterocycles. The quantitative estimate of drug-likeness (QED) is 0.509. The topological polar surface area (TPSA) is 105 Å². The van der Waals surface area contributed by atoms with E-state index >= 15 is 0 Å². The van der Waals surface area contributed by atoms with Crippen LogP contribution in [-0.2, 0) is 0 Å². The third-order valence-electron chi connectivity index (χ3n) is 3.02. The van der Waals surface area contributed by atoms with Crippen molar-refractivity contribution < 1.29 is 14.8 Å². The predicted octanol–water partition coefficient (Wildman–Crippen LogP) is 3.11. The molecular formula is C15H12ClN3O4. The lowest BCUT2D eigenvalue weighted by atomic mass is 10.1. The molecule has 0 fully saturated rings. The maximum absolute atomic E-state index is 12.0. The molecule has 2 N–H and O–H groups in total. The van der Waals surface area contributed by atoms with Crippen LogP contribution in [0.4, 0.5) is 5.69 Å². The highest BCUT2D eigenvalue weighted by molar-refractivity contribution is 6.32. The summed E-state index contributed by atoms with van der Waals surface area (Å²) in [6.07, 6.45) is 0. The van der Waals surface area contributed by atoms with Gasteiger partial charge in [0.15, 0.2) is 0 Å². The van der Waals surface area contributed by atoms with Gasteiger partial charge < -0.3 is 5.11 Å². The van der Waals surface area contributed by atoms with E-state index in [1.54, 1.807) is 25.1 Å². The van der Waals surface area contributed by atoms with E-state index in [1.165, 1.54) is 18.2 Å². The average Bonchev–Trinajstić information content (AvgIpc) is 2.52. The summed E-state index contributed by atoms with van der Waals surface area (Å²) < 4.78 is 0. The molecule has 1 amide bonds. The summed E-state index contributed by atoms with van der Waals surface area (Å²) in [5.74, 6) is -0.593. The van der Waals surface area contributed by atoms with Gasteiger partial charge in [-0.25, -0.2) is 5.43 Å². The van der Waals surface area contributed by atoms with Crippen LogP contribution in [0.25, 0.3) is 0 Å². The van der Waals surface area contributed by atoms with Crippen molar-refractivity contribution in [2.24, 2.45) is 5.10 Å². The summed E-state index contributed by atoms with van der Waals surface area (Å²) in [5, 5.41) is 24.4. The predicted molar refractivity (Wildman–Crippen MR) is 85.9 cm³/mol. The number of nitro benzene ring substituents is 1. The first-order chi connectivity index (χ1) is 10.9. The summed E-state index contributed by atoms with van der Waals surface area (Å²) in [5.41, 5.74) is 2.83. The average molecular weight is 334 g/mol. The van der Waals surface area contributed by atoms with Gasteiger partial charge in [-0.15, -0.1) is 0 Å². The highest BCUT2D eigenvalue weighted by Gasteiger charge is 2.16. The van der Waals surface area contributed by atoms with Gasteiger partial charge in [0.25, 0.3) is 11.6 Å². The SMILES string of the molecule is C/C(=N/NC(=O)c1ccc(Cl)c([N+](=O)[O-])c1)c1ccccc1O. The second kappa shape index (κ2) is 6.89. The second-order valence-electron chi connectivity index (χ2n) is 4.58. The smallest absolute Gasteiger partial charge is 0.288 e. The zero-order valence-corrected chi connectivity index (χ0v) is 12.7. The lowest BCUT2D eigenvalue weighted by Gasteiger charge is -2.05. The number of halogens is 1. The monoisotopic (exact) mass is 333 g/mol. The molecule has 23 heavy (non-hydrogen) atoms. The molecule has 8 heteroatoms. The summed E-state index contributed by atoms with van der Waals surface area (Å²) in [6.45, 7) is 1.61. The van der Waals surface area contributed by atoms with Crippen molar-refractivity contribution in [1.29, 1.82) is 0 Å². The Bertz CT molecular complexity index is 805. The van der Waals surface area contributed by atoms with Crippen LogP contribution in [0.1, 0.15) is 22.8 Å². The molecule has 118 valence electrons. The Morgan fingerprint density at radius 3 is 2.65 bits per heavy atom. The highest BCUT2D eigenvalue weighted by atomic mass is 35.5. The number of rotatable bonds is 4. The van der Waals surface area contributed by atoms with Gasteiger partial charge in [-0.05, 0) is 31.2 Å². The van der Waals surface area contributed by atoms with Gasteiger partial charge in [0.1, 0.15) is 10.8 Å². The third kappa shape index (κ3) is 3.83. The molecule has 0 bridgehead atoms.